The zero-order valence-electron chi connectivity index (χ0n) is 11.6. The normalized spacial score (nSPS) is 12.2. The van der Waals surface area contributed by atoms with Crippen LogP contribution >= 0.6 is 0 Å². The molecule has 0 heterocycles. The van der Waals surface area contributed by atoms with Gasteiger partial charge in [0, 0.05) is 6.04 Å². The fraction of sp³-hybridized carbons (Fsp3) is 0.294. The van der Waals surface area contributed by atoms with Crippen molar-refractivity contribution in [2.45, 2.75) is 25.8 Å². The summed E-state index contributed by atoms with van der Waals surface area (Å²) in [5.41, 5.74) is 10.1. The summed E-state index contributed by atoms with van der Waals surface area (Å²) in [6.07, 6.45) is 1.84. The largest absolute Gasteiger partial charge is 0.497 e. The van der Waals surface area contributed by atoms with Crippen LogP contribution in [0.15, 0.2) is 48.5 Å². The monoisotopic (exact) mass is 255 g/mol. The van der Waals surface area contributed by atoms with E-state index in [0.717, 1.165) is 18.6 Å². The lowest BCUT2D eigenvalue weighted by Gasteiger charge is -2.16. The molecule has 2 aromatic carbocycles. The highest BCUT2D eigenvalue weighted by atomic mass is 16.5. The third-order valence-corrected chi connectivity index (χ3v) is 3.43. The van der Waals surface area contributed by atoms with Crippen LogP contribution in [0.5, 0.6) is 5.75 Å². The Morgan fingerprint density at radius 1 is 1.11 bits per heavy atom. The summed E-state index contributed by atoms with van der Waals surface area (Å²) in [5, 5.41) is 0. The molecule has 2 N–H and O–H groups in total. The minimum atomic E-state index is 0.0308. The van der Waals surface area contributed by atoms with Crippen molar-refractivity contribution in [2.75, 3.05) is 7.11 Å². The van der Waals surface area contributed by atoms with Crippen LogP contribution in [-0.2, 0) is 12.8 Å². The zero-order valence-corrected chi connectivity index (χ0v) is 11.6. The van der Waals surface area contributed by atoms with E-state index in [1.807, 2.05) is 12.1 Å². The highest BCUT2D eigenvalue weighted by molar-refractivity contribution is 5.33. The molecule has 0 aliphatic carbocycles. The molecule has 0 amide bonds. The van der Waals surface area contributed by atoms with Crippen molar-refractivity contribution < 1.29 is 4.74 Å². The van der Waals surface area contributed by atoms with Crippen molar-refractivity contribution in [2.24, 2.45) is 5.73 Å². The third-order valence-electron chi connectivity index (χ3n) is 3.43. The molecule has 0 radical (unpaired) electrons. The van der Waals surface area contributed by atoms with Gasteiger partial charge in [-0.25, -0.2) is 0 Å². The molecule has 0 bridgehead atoms. The maximum absolute atomic E-state index is 6.35. The van der Waals surface area contributed by atoms with Gasteiger partial charge in [0.25, 0.3) is 0 Å². The maximum Gasteiger partial charge on any atom is 0.119 e. The Morgan fingerprint density at radius 2 is 1.89 bits per heavy atom. The van der Waals surface area contributed by atoms with Crippen LogP contribution < -0.4 is 10.5 Å². The van der Waals surface area contributed by atoms with Crippen LogP contribution in [0.2, 0.25) is 0 Å². The third kappa shape index (κ3) is 3.36. The Hall–Kier alpha value is -1.80. The molecule has 1 atom stereocenters. The smallest absolute Gasteiger partial charge is 0.119 e. The Labute approximate surface area is 115 Å². The lowest BCUT2D eigenvalue weighted by atomic mass is 9.94. The summed E-state index contributed by atoms with van der Waals surface area (Å²) in [6.45, 7) is 2.16. The van der Waals surface area contributed by atoms with Gasteiger partial charge in [0.15, 0.2) is 0 Å². The van der Waals surface area contributed by atoms with Gasteiger partial charge in [-0.3, -0.25) is 0 Å². The lowest BCUT2D eigenvalue weighted by Crippen LogP contribution is -2.15. The summed E-state index contributed by atoms with van der Waals surface area (Å²) in [4.78, 5) is 0. The van der Waals surface area contributed by atoms with E-state index < -0.39 is 0 Å². The maximum atomic E-state index is 6.35. The summed E-state index contributed by atoms with van der Waals surface area (Å²) in [7, 11) is 1.69. The molecular formula is C17H21NO. The van der Waals surface area contributed by atoms with Gasteiger partial charge >= 0.3 is 0 Å². The van der Waals surface area contributed by atoms with E-state index in [1.54, 1.807) is 7.11 Å². The molecule has 0 fully saturated rings. The fourth-order valence-corrected chi connectivity index (χ4v) is 2.38. The molecule has 2 aromatic rings. The molecule has 1 unspecified atom stereocenters. The number of hydrogen-bond acceptors (Lipinski definition) is 2. The molecule has 0 aromatic heterocycles. The van der Waals surface area contributed by atoms with Gasteiger partial charge in [0.1, 0.15) is 5.75 Å². The van der Waals surface area contributed by atoms with E-state index >= 15 is 0 Å². The van der Waals surface area contributed by atoms with Gasteiger partial charge in [0.2, 0.25) is 0 Å². The molecule has 2 rings (SSSR count). The number of rotatable bonds is 5. The minimum absolute atomic E-state index is 0.0308. The van der Waals surface area contributed by atoms with Crippen LogP contribution in [0.25, 0.3) is 0 Å². The predicted molar refractivity (Wildman–Crippen MR) is 79.4 cm³/mol. The van der Waals surface area contributed by atoms with Crippen LogP contribution in [-0.4, -0.2) is 7.11 Å². The fourth-order valence-electron chi connectivity index (χ4n) is 2.38. The molecule has 0 spiro atoms. The summed E-state index contributed by atoms with van der Waals surface area (Å²) < 4.78 is 5.25. The van der Waals surface area contributed by atoms with Crippen molar-refractivity contribution in [1.82, 2.24) is 0 Å². The first kappa shape index (κ1) is 13.6. The standard InChI is InChI=1S/C17H21NO/c1-3-14-8-4-5-10-16(14)17(18)12-13-7-6-9-15(11-13)19-2/h4-11,17H,3,12,18H2,1-2H3. The molecular weight excluding hydrogens is 234 g/mol. The lowest BCUT2D eigenvalue weighted by molar-refractivity contribution is 0.414. The number of methoxy groups -OCH3 is 1. The predicted octanol–water partition coefficient (Wildman–Crippen LogP) is 3.50. The number of benzene rings is 2. The van der Waals surface area contributed by atoms with Gasteiger partial charge < -0.3 is 10.5 Å². The van der Waals surface area contributed by atoms with E-state index in [4.69, 9.17) is 10.5 Å². The van der Waals surface area contributed by atoms with Crippen LogP contribution in [0.3, 0.4) is 0 Å². The molecule has 2 nitrogen and oxygen atoms in total. The van der Waals surface area contributed by atoms with E-state index in [1.165, 1.54) is 16.7 Å². The Bertz CT molecular complexity index is 536. The van der Waals surface area contributed by atoms with Gasteiger partial charge in [-0.05, 0) is 41.7 Å². The molecule has 0 aliphatic heterocycles. The second kappa shape index (κ2) is 6.39. The molecule has 0 aliphatic rings. The van der Waals surface area contributed by atoms with Crippen molar-refractivity contribution in [1.29, 1.82) is 0 Å². The number of ether oxygens (including phenoxy) is 1. The number of nitrogens with two attached hydrogens (primary N) is 1. The first-order chi connectivity index (χ1) is 9.24. The van der Waals surface area contributed by atoms with E-state index in [9.17, 15) is 0 Å². The topological polar surface area (TPSA) is 35.2 Å². The highest BCUT2D eigenvalue weighted by Crippen LogP contribution is 2.22. The molecule has 2 heteroatoms. The number of aryl methyl sites for hydroxylation is 1. The zero-order chi connectivity index (χ0) is 13.7. The van der Waals surface area contributed by atoms with Crippen LogP contribution in [0, 0.1) is 0 Å². The van der Waals surface area contributed by atoms with Crippen molar-refractivity contribution in [3.8, 4) is 5.75 Å². The first-order valence-corrected chi connectivity index (χ1v) is 6.71. The molecule has 0 saturated carbocycles. The summed E-state index contributed by atoms with van der Waals surface area (Å²) in [6, 6.07) is 16.5. The van der Waals surface area contributed by atoms with Crippen LogP contribution in [0.4, 0.5) is 0 Å². The van der Waals surface area contributed by atoms with Gasteiger partial charge in [-0.15, -0.1) is 0 Å². The Balaban J connectivity index is 2.18. The van der Waals surface area contributed by atoms with Gasteiger partial charge in [-0.2, -0.15) is 0 Å². The van der Waals surface area contributed by atoms with E-state index in [2.05, 4.69) is 43.3 Å². The average Bonchev–Trinajstić information content (AvgIpc) is 2.47. The minimum Gasteiger partial charge on any atom is -0.497 e. The summed E-state index contributed by atoms with van der Waals surface area (Å²) in [5.74, 6) is 0.883. The van der Waals surface area contributed by atoms with E-state index in [-0.39, 0.29) is 6.04 Å². The number of hydrogen-bond donors (Lipinski definition) is 1. The average molecular weight is 255 g/mol. The second-order valence-corrected chi connectivity index (χ2v) is 4.71. The van der Waals surface area contributed by atoms with Crippen molar-refractivity contribution in [3.05, 3.63) is 65.2 Å². The SMILES string of the molecule is CCc1ccccc1C(N)Cc1cccc(OC)c1. The first-order valence-electron chi connectivity index (χ1n) is 6.71. The van der Waals surface area contributed by atoms with Gasteiger partial charge in [0.05, 0.1) is 7.11 Å². The second-order valence-electron chi connectivity index (χ2n) is 4.71. The Morgan fingerprint density at radius 3 is 2.63 bits per heavy atom. The van der Waals surface area contributed by atoms with Crippen LogP contribution in [0.1, 0.15) is 29.7 Å². The van der Waals surface area contributed by atoms with Crippen molar-refractivity contribution in [3.63, 3.8) is 0 Å². The quantitative estimate of drug-likeness (QED) is 0.887. The molecule has 0 saturated heterocycles. The highest BCUT2D eigenvalue weighted by Gasteiger charge is 2.10. The van der Waals surface area contributed by atoms with E-state index in [0.29, 0.717) is 0 Å². The summed E-state index contributed by atoms with van der Waals surface area (Å²) >= 11 is 0. The molecule has 19 heavy (non-hydrogen) atoms. The molecule has 100 valence electrons. The van der Waals surface area contributed by atoms with Crippen molar-refractivity contribution >= 4 is 0 Å². The van der Waals surface area contributed by atoms with Gasteiger partial charge in [-0.1, -0.05) is 43.3 Å². The Kier molecular flexibility index (Phi) is 4.58.